The second kappa shape index (κ2) is 6.63. The van der Waals surface area contributed by atoms with Crippen LogP contribution in [0.4, 0.5) is 0 Å². The summed E-state index contributed by atoms with van der Waals surface area (Å²) in [5.41, 5.74) is 2.62. The van der Waals surface area contributed by atoms with Gasteiger partial charge in [-0.15, -0.1) is 0 Å². The first-order valence-corrected chi connectivity index (χ1v) is 8.62. The molecule has 0 spiro atoms. The summed E-state index contributed by atoms with van der Waals surface area (Å²) >= 11 is 0. The standard InChI is InChI=1S/C20H19N3O3/c1-14-21-17-8-7-16(13-18(17)26-14)20(25)23-11-9-22(10-12-23)19(24)15-5-3-2-4-6-15/h2-8,13H,9-12H2,1H3. The summed E-state index contributed by atoms with van der Waals surface area (Å²) < 4.78 is 5.51. The van der Waals surface area contributed by atoms with Crippen molar-refractivity contribution in [1.82, 2.24) is 14.8 Å². The third-order valence-corrected chi connectivity index (χ3v) is 4.62. The number of carbonyl (C=O) groups is 2. The zero-order valence-corrected chi connectivity index (χ0v) is 14.5. The molecule has 0 N–H and O–H groups in total. The number of aromatic nitrogens is 1. The largest absolute Gasteiger partial charge is 0.441 e. The monoisotopic (exact) mass is 349 g/mol. The molecule has 2 aromatic carbocycles. The van der Waals surface area contributed by atoms with Crippen molar-refractivity contribution in [2.45, 2.75) is 6.92 Å². The lowest BCUT2D eigenvalue weighted by Crippen LogP contribution is -2.50. The lowest BCUT2D eigenvalue weighted by molar-refractivity contribution is 0.0535. The summed E-state index contributed by atoms with van der Waals surface area (Å²) in [6.45, 7) is 3.88. The molecule has 132 valence electrons. The summed E-state index contributed by atoms with van der Waals surface area (Å²) in [4.78, 5) is 33.1. The average Bonchev–Trinajstić information content (AvgIpc) is 3.07. The molecule has 1 fully saturated rings. The smallest absolute Gasteiger partial charge is 0.254 e. The van der Waals surface area contributed by atoms with E-state index in [-0.39, 0.29) is 11.8 Å². The van der Waals surface area contributed by atoms with Crippen LogP contribution in [0.2, 0.25) is 0 Å². The summed E-state index contributed by atoms with van der Waals surface area (Å²) in [6.07, 6.45) is 0. The number of piperazine rings is 1. The normalized spacial score (nSPS) is 14.7. The van der Waals surface area contributed by atoms with Gasteiger partial charge in [-0.05, 0) is 30.3 Å². The van der Waals surface area contributed by atoms with E-state index >= 15 is 0 Å². The Labute approximate surface area is 151 Å². The van der Waals surface area contributed by atoms with E-state index in [1.807, 2.05) is 30.3 Å². The van der Waals surface area contributed by atoms with Crippen molar-refractivity contribution in [2.75, 3.05) is 26.2 Å². The van der Waals surface area contributed by atoms with Crippen LogP contribution in [0.25, 0.3) is 11.1 Å². The van der Waals surface area contributed by atoms with Crippen molar-refractivity contribution < 1.29 is 14.0 Å². The van der Waals surface area contributed by atoms with E-state index in [4.69, 9.17) is 4.42 Å². The van der Waals surface area contributed by atoms with Gasteiger partial charge in [0, 0.05) is 44.2 Å². The van der Waals surface area contributed by atoms with Crippen LogP contribution in [0.5, 0.6) is 0 Å². The fourth-order valence-electron chi connectivity index (χ4n) is 3.23. The molecule has 1 aromatic heterocycles. The van der Waals surface area contributed by atoms with Crippen molar-refractivity contribution in [3.63, 3.8) is 0 Å². The lowest BCUT2D eigenvalue weighted by atomic mass is 10.1. The average molecular weight is 349 g/mol. The Balaban J connectivity index is 1.43. The minimum Gasteiger partial charge on any atom is -0.441 e. The minimum absolute atomic E-state index is 0.0104. The molecule has 0 unspecified atom stereocenters. The summed E-state index contributed by atoms with van der Waals surface area (Å²) in [5, 5.41) is 0. The van der Waals surface area contributed by atoms with E-state index in [0.717, 1.165) is 5.52 Å². The third kappa shape index (κ3) is 3.06. The van der Waals surface area contributed by atoms with Crippen molar-refractivity contribution >= 4 is 22.9 Å². The quantitative estimate of drug-likeness (QED) is 0.713. The van der Waals surface area contributed by atoms with Gasteiger partial charge < -0.3 is 14.2 Å². The van der Waals surface area contributed by atoms with Gasteiger partial charge in [0.25, 0.3) is 11.8 Å². The van der Waals surface area contributed by atoms with E-state index in [9.17, 15) is 9.59 Å². The fraction of sp³-hybridized carbons (Fsp3) is 0.250. The highest BCUT2D eigenvalue weighted by atomic mass is 16.3. The van der Waals surface area contributed by atoms with Crippen LogP contribution in [-0.2, 0) is 0 Å². The van der Waals surface area contributed by atoms with Gasteiger partial charge in [0.05, 0.1) is 0 Å². The number of amides is 2. The molecule has 6 heteroatoms. The van der Waals surface area contributed by atoms with Crippen LogP contribution in [0, 0.1) is 6.92 Å². The van der Waals surface area contributed by atoms with Crippen LogP contribution >= 0.6 is 0 Å². The SMILES string of the molecule is Cc1nc2ccc(C(=O)N3CCN(C(=O)c4ccccc4)CC3)cc2o1. The van der Waals surface area contributed by atoms with Crippen LogP contribution in [-0.4, -0.2) is 52.8 Å². The molecule has 6 nitrogen and oxygen atoms in total. The Morgan fingerprint density at radius 3 is 2.15 bits per heavy atom. The highest BCUT2D eigenvalue weighted by Crippen LogP contribution is 2.19. The van der Waals surface area contributed by atoms with Gasteiger partial charge >= 0.3 is 0 Å². The van der Waals surface area contributed by atoms with Gasteiger partial charge in [-0.25, -0.2) is 4.98 Å². The first-order valence-electron chi connectivity index (χ1n) is 8.62. The van der Waals surface area contributed by atoms with Gasteiger partial charge in [-0.3, -0.25) is 9.59 Å². The van der Waals surface area contributed by atoms with E-state index in [1.165, 1.54) is 0 Å². The molecule has 2 heterocycles. The predicted molar refractivity (Wildman–Crippen MR) is 97.0 cm³/mol. The summed E-state index contributed by atoms with van der Waals surface area (Å²) in [5.74, 6) is 0.543. The maximum Gasteiger partial charge on any atom is 0.254 e. The second-order valence-corrected chi connectivity index (χ2v) is 6.37. The van der Waals surface area contributed by atoms with Crippen LogP contribution < -0.4 is 0 Å². The maximum absolute atomic E-state index is 12.8. The molecule has 0 saturated carbocycles. The van der Waals surface area contributed by atoms with E-state index in [2.05, 4.69) is 4.98 Å². The van der Waals surface area contributed by atoms with E-state index < -0.39 is 0 Å². The molecular weight excluding hydrogens is 330 g/mol. The number of fused-ring (bicyclic) bond motifs is 1. The first-order chi connectivity index (χ1) is 12.6. The highest BCUT2D eigenvalue weighted by molar-refractivity contribution is 5.97. The summed E-state index contributed by atoms with van der Waals surface area (Å²) in [7, 11) is 0. The Hall–Kier alpha value is -3.15. The zero-order chi connectivity index (χ0) is 18.1. The first kappa shape index (κ1) is 16.3. The minimum atomic E-state index is -0.0484. The molecule has 0 bridgehead atoms. The van der Waals surface area contributed by atoms with Crippen molar-refractivity contribution in [3.8, 4) is 0 Å². The van der Waals surface area contributed by atoms with Crippen LogP contribution in [0.3, 0.4) is 0 Å². The second-order valence-electron chi connectivity index (χ2n) is 6.37. The van der Waals surface area contributed by atoms with Crippen LogP contribution in [0.1, 0.15) is 26.6 Å². The Morgan fingerprint density at radius 2 is 1.50 bits per heavy atom. The fourth-order valence-corrected chi connectivity index (χ4v) is 3.23. The van der Waals surface area contributed by atoms with Gasteiger partial charge in [0.2, 0.25) is 0 Å². The number of hydrogen-bond donors (Lipinski definition) is 0. The molecule has 1 aliphatic rings. The number of rotatable bonds is 2. The predicted octanol–water partition coefficient (Wildman–Crippen LogP) is 2.73. The number of benzene rings is 2. The molecule has 0 aliphatic carbocycles. The Bertz CT molecular complexity index is 957. The Kier molecular flexibility index (Phi) is 4.16. The van der Waals surface area contributed by atoms with Crippen molar-refractivity contribution in [1.29, 1.82) is 0 Å². The van der Waals surface area contributed by atoms with Crippen molar-refractivity contribution in [2.24, 2.45) is 0 Å². The summed E-state index contributed by atoms with van der Waals surface area (Å²) in [6, 6.07) is 14.5. The number of oxazole rings is 1. The Morgan fingerprint density at radius 1 is 0.885 bits per heavy atom. The van der Waals surface area contributed by atoms with Gasteiger partial charge in [-0.1, -0.05) is 18.2 Å². The molecule has 0 atom stereocenters. The molecule has 3 aromatic rings. The molecule has 2 amide bonds. The molecule has 0 radical (unpaired) electrons. The molecule has 1 saturated heterocycles. The van der Waals surface area contributed by atoms with E-state index in [0.29, 0.717) is 48.8 Å². The molecular formula is C20H19N3O3. The molecule has 4 rings (SSSR count). The highest BCUT2D eigenvalue weighted by Gasteiger charge is 2.25. The number of aryl methyl sites for hydroxylation is 1. The molecule has 1 aliphatic heterocycles. The van der Waals surface area contributed by atoms with Gasteiger partial charge in [-0.2, -0.15) is 0 Å². The number of carbonyl (C=O) groups excluding carboxylic acids is 2. The van der Waals surface area contributed by atoms with Gasteiger partial charge in [0.15, 0.2) is 11.5 Å². The maximum atomic E-state index is 12.8. The topological polar surface area (TPSA) is 66.7 Å². The third-order valence-electron chi connectivity index (χ3n) is 4.62. The molecule has 26 heavy (non-hydrogen) atoms. The number of nitrogens with zero attached hydrogens (tertiary/aromatic N) is 3. The van der Waals surface area contributed by atoms with Crippen LogP contribution in [0.15, 0.2) is 52.9 Å². The zero-order valence-electron chi connectivity index (χ0n) is 14.5. The number of hydrogen-bond acceptors (Lipinski definition) is 4. The van der Waals surface area contributed by atoms with Gasteiger partial charge in [0.1, 0.15) is 5.52 Å². The van der Waals surface area contributed by atoms with E-state index in [1.54, 1.807) is 34.9 Å². The van der Waals surface area contributed by atoms with Crippen molar-refractivity contribution in [3.05, 3.63) is 65.5 Å². The lowest BCUT2D eigenvalue weighted by Gasteiger charge is -2.34.